The van der Waals surface area contributed by atoms with Crippen molar-refractivity contribution in [2.24, 2.45) is 0 Å². The number of likely N-dealkylation sites (N-methyl/N-ethyl adjacent to an activating group) is 2. The molecule has 5 heteroatoms. The van der Waals surface area contributed by atoms with Gasteiger partial charge in [0.2, 0.25) is 0 Å². The van der Waals surface area contributed by atoms with Crippen molar-refractivity contribution >= 4 is 11.8 Å². The lowest BCUT2D eigenvalue weighted by molar-refractivity contribution is 0.0650. The van der Waals surface area contributed by atoms with Crippen LogP contribution in [0.15, 0.2) is 84.9 Å². The number of imide groups is 1. The molecule has 5 nitrogen and oxygen atoms in total. The standard InChI is InChI=1S/C29H33N3O2/c1-30(19-11-12-20-32-28(33)25-17-9-10-18-26(25)29(32)34)21-22-31(2)27(23-13-5-3-6-14-23)24-15-7-4-8-16-24/h3-10,13-18,27H,11-12,19-22H2,1-2H3. The van der Waals surface area contributed by atoms with Crippen molar-refractivity contribution in [3.8, 4) is 0 Å². The van der Waals surface area contributed by atoms with E-state index in [0.717, 1.165) is 32.5 Å². The van der Waals surface area contributed by atoms with Gasteiger partial charge in [-0.2, -0.15) is 0 Å². The third-order valence-corrected chi connectivity index (χ3v) is 6.56. The number of unbranched alkanes of at least 4 members (excludes halogenated alkanes) is 1. The highest BCUT2D eigenvalue weighted by molar-refractivity contribution is 6.21. The summed E-state index contributed by atoms with van der Waals surface area (Å²) in [6.07, 6.45) is 1.75. The van der Waals surface area contributed by atoms with E-state index >= 15 is 0 Å². The Bertz CT molecular complexity index is 1030. The first-order chi connectivity index (χ1) is 16.6. The number of carbonyl (C=O) groups is 2. The molecule has 0 saturated carbocycles. The van der Waals surface area contributed by atoms with Crippen molar-refractivity contribution in [2.75, 3.05) is 40.3 Å². The molecule has 176 valence electrons. The Hall–Kier alpha value is -3.28. The fraction of sp³-hybridized carbons (Fsp3) is 0.310. The van der Waals surface area contributed by atoms with Crippen molar-refractivity contribution in [3.63, 3.8) is 0 Å². The second-order valence-electron chi connectivity index (χ2n) is 9.02. The van der Waals surface area contributed by atoms with Gasteiger partial charge in [-0.1, -0.05) is 72.8 Å². The van der Waals surface area contributed by atoms with Crippen LogP contribution in [0, 0.1) is 0 Å². The molecule has 3 aromatic rings. The van der Waals surface area contributed by atoms with Crippen LogP contribution < -0.4 is 0 Å². The van der Waals surface area contributed by atoms with Gasteiger partial charge >= 0.3 is 0 Å². The molecule has 0 N–H and O–H groups in total. The molecule has 3 aromatic carbocycles. The fourth-order valence-electron chi connectivity index (χ4n) is 4.64. The van der Waals surface area contributed by atoms with E-state index < -0.39 is 0 Å². The van der Waals surface area contributed by atoms with E-state index in [9.17, 15) is 9.59 Å². The minimum atomic E-state index is -0.163. The number of hydrogen-bond donors (Lipinski definition) is 0. The maximum absolute atomic E-state index is 12.5. The molecule has 0 spiro atoms. The molecule has 0 radical (unpaired) electrons. The maximum Gasteiger partial charge on any atom is 0.261 e. The number of nitrogens with zero attached hydrogens (tertiary/aromatic N) is 3. The summed E-state index contributed by atoms with van der Waals surface area (Å²) in [7, 11) is 4.32. The molecule has 1 aliphatic heterocycles. The summed E-state index contributed by atoms with van der Waals surface area (Å²) in [5, 5.41) is 0. The quantitative estimate of drug-likeness (QED) is 0.310. The van der Waals surface area contributed by atoms with Gasteiger partial charge in [-0.25, -0.2) is 0 Å². The Morgan fingerprint density at radius 1 is 0.647 bits per heavy atom. The molecular weight excluding hydrogens is 422 g/mol. The molecule has 0 aliphatic carbocycles. The topological polar surface area (TPSA) is 43.9 Å². The lowest BCUT2D eigenvalue weighted by Crippen LogP contribution is -2.35. The van der Waals surface area contributed by atoms with E-state index in [4.69, 9.17) is 0 Å². The van der Waals surface area contributed by atoms with Crippen LogP contribution in [0.2, 0.25) is 0 Å². The number of carbonyl (C=O) groups excluding carboxylic acids is 2. The van der Waals surface area contributed by atoms with Crippen LogP contribution >= 0.6 is 0 Å². The minimum Gasteiger partial charge on any atom is -0.305 e. The Labute approximate surface area is 202 Å². The lowest BCUT2D eigenvalue weighted by Gasteiger charge is -2.30. The molecule has 0 atom stereocenters. The van der Waals surface area contributed by atoms with Crippen LogP contribution in [-0.2, 0) is 0 Å². The third-order valence-electron chi connectivity index (χ3n) is 6.56. The van der Waals surface area contributed by atoms with Crippen molar-refractivity contribution < 1.29 is 9.59 Å². The SMILES string of the molecule is CN(CCCCN1C(=O)c2ccccc2C1=O)CCN(C)C(c1ccccc1)c1ccccc1. The van der Waals surface area contributed by atoms with Crippen LogP contribution in [0.5, 0.6) is 0 Å². The number of hydrogen-bond acceptors (Lipinski definition) is 4. The second-order valence-corrected chi connectivity index (χ2v) is 9.02. The van der Waals surface area contributed by atoms with Crippen molar-refractivity contribution in [1.29, 1.82) is 0 Å². The molecule has 0 bridgehead atoms. The molecule has 0 aromatic heterocycles. The monoisotopic (exact) mass is 455 g/mol. The van der Waals surface area contributed by atoms with E-state index in [1.54, 1.807) is 24.3 Å². The summed E-state index contributed by atoms with van der Waals surface area (Å²) >= 11 is 0. The summed E-state index contributed by atoms with van der Waals surface area (Å²) < 4.78 is 0. The van der Waals surface area contributed by atoms with Crippen molar-refractivity contribution in [1.82, 2.24) is 14.7 Å². The van der Waals surface area contributed by atoms with Gasteiger partial charge in [-0.3, -0.25) is 19.4 Å². The zero-order chi connectivity index (χ0) is 23.9. The Morgan fingerprint density at radius 2 is 1.15 bits per heavy atom. The van der Waals surface area contributed by atoms with Crippen molar-refractivity contribution in [2.45, 2.75) is 18.9 Å². The predicted molar refractivity (Wildman–Crippen MR) is 136 cm³/mol. The van der Waals surface area contributed by atoms with Gasteiger partial charge < -0.3 is 4.90 Å². The van der Waals surface area contributed by atoms with E-state index in [1.165, 1.54) is 16.0 Å². The molecular formula is C29H33N3O2. The smallest absolute Gasteiger partial charge is 0.261 e. The Kier molecular flexibility index (Phi) is 7.88. The Morgan fingerprint density at radius 3 is 1.68 bits per heavy atom. The average Bonchev–Trinajstić information content (AvgIpc) is 3.11. The third kappa shape index (κ3) is 5.44. The number of benzene rings is 3. The normalized spacial score (nSPS) is 13.4. The summed E-state index contributed by atoms with van der Waals surface area (Å²) in [4.78, 5) is 31.1. The van der Waals surface area contributed by atoms with Crippen molar-refractivity contribution in [3.05, 3.63) is 107 Å². The highest BCUT2D eigenvalue weighted by Crippen LogP contribution is 2.27. The van der Waals surface area contributed by atoms with Gasteiger partial charge in [0, 0.05) is 19.6 Å². The molecule has 1 aliphatic rings. The summed E-state index contributed by atoms with van der Waals surface area (Å²) in [5.41, 5.74) is 3.64. The minimum absolute atomic E-state index is 0.163. The molecule has 1 heterocycles. The first-order valence-corrected chi connectivity index (χ1v) is 12.0. The predicted octanol–water partition coefficient (Wildman–Crippen LogP) is 4.72. The van der Waals surface area contributed by atoms with Gasteiger partial charge in [0.1, 0.15) is 0 Å². The van der Waals surface area contributed by atoms with E-state index in [-0.39, 0.29) is 17.9 Å². The zero-order valence-corrected chi connectivity index (χ0v) is 20.1. The zero-order valence-electron chi connectivity index (χ0n) is 20.1. The average molecular weight is 456 g/mol. The fourth-order valence-corrected chi connectivity index (χ4v) is 4.64. The molecule has 0 saturated heterocycles. The summed E-state index contributed by atoms with van der Waals surface area (Å²) in [5.74, 6) is -0.327. The highest BCUT2D eigenvalue weighted by Gasteiger charge is 2.34. The molecule has 0 fully saturated rings. The van der Waals surface area contributed by atoms with Gasteiger partial charge in [0.15, 0.2) is 0 Å². The van der Waals surface area contributed by atoms with Crippen LogP contribution in [-0.4, -0.2) is 66.8 Å². The molecule has 34 heavy (non-hydrogen) atoms. The van der Waals surface area contributed by atoms with Gasteiger partial charge in [-0.15, -0.1) is 0 Å². The number of fused-ring (bicyclic) bond motifs is 1. The van der Waals surface area contributed by atoms with E-state index in [1.807, 2.05) is 0 Å². The lowest BCUT2D eigenvalue weighted by atomic mass is 9.97. The second kappa shape index (κ2) is 11.2. The van der Waals surface area contributed by atoms with E-state index in [2.05, 4.69) is 84.6 Å². The van der Waals surface area contributed by atoms with Crippen LogP contribution in [0.3, 0.4) is 0 Å². The molecule has 4 rings (SSSR count). The van der Waals surface area contributed by atoms with E-state index in [0.29, 0.717) is 17.7 Å². The summed E-state index contributed by atoms with van der Waals surface area (Å²) in [6.45, 7) is 3.28. The van der Waals surface area contributed by atoms with Crippen LogP contribution in [0.1, 0.15) is 50.7 Å². The number of amides is 2. The van der Waals surface area contributed by atoms with Crippen LogP contribution in [0.4, 0.5) is 0 Å². The van der Waals surface area contributed by atoms with Gasteiger partial charge in [-0.05, 0) is 56.7 Å². The molecule has 0 unspecified atom stereocenters. The first-order valence-electron chi connectivity index (χ1n) is 12.0. The maximum atomic E-state index is 12.5. The first kappa shape index (κ1) is 23.9. The highest BCUT2D eigenvalue weighted by atomic mass is 16.2. The van der Waals surface area contributed by atoms with Gasteiger partial charge in [0.05, 0.1) is 17.2 Å². The van der Waals surface area contributed by atoms with Crippen LogP contribution in [0.25, 0.3) is 0 Å². The Balaban J connectivity index is 1.25. The summed E-state index contributed by atoms with van der Waals surface area (Å²) in [6, 6.07) is 28.6. The van der Waals surface area contributed by atoms with Gasteiger partial charge in [0.25, 0.3) is 11.8 Å². The number of rotatable bonds is 11. The molecule has 2 amide bonds. The largest absolute Gasteiger partial charge is 0.305 e.